The van der Waals surface area contributed by atoms with E-state index in [1.807, 2.05) is 0 Å². The maximum atomic E-state index is 3.69. The van der Waals surface area contributed by atoms with E-state index in [-0.39, 0.29) is 5.54 Å². The van der Waals surface area contributed by atoms with E-state index in [0.717, 1.165) is 18.0 Å². The molecule has 2 rings (SSSR count). The van der Waals surface area contributed by atoms with Crippen LogP contribution in [0.2, 0.25) is 0 Å². The second kappa shape index (κ2) is 3.82. The lowest BCUT2D eigenvalue weighted by Gasteiger charge is -2.32. The van der Waals surface area contributed by atoms with Crippen molar-refractivity contribution in [2.24, 2.45) is 5.92 Å². The van der Waals surface area contributed by atoms with Gasteiger partial charge in [-0.2, -0.15) is 0 Å². The molecule has 0 aromatic rings. The van der Waals surface area contributed by atoms with Gasteiger partial charge in [-0.1, -0.05) is 0 Å². The van der Waals surface area contributed by atoms with Crippen LogP contribution >= 0.6 is 0 Å². The molecule has 2 nitrogen and oxygen atoms in total. The summed E-state index contributed by atoms with van der Waals surface area (Å²) in [5.41, 5.74) is 0.282. The molecule has 0 aliphatic carbocycles. The number of nitrogens with one attached hydrogen (secondary N) is 2. The van der Waals surface area contributed by atoms with Gasteiger partial charge in [0.2, 0.25) is 0 Å². The van der Waals surface area contributed by atoms with Crippen LogP contribution in [0.1, 0.15) is 46.5 Å². The minimum atomic E-state index is 0.282. The lowest BCUT2D eigenvalue weighted by molar-refractivity contribution is 0.268. The van der Waals surface area contributed by atoms with E-state index in [1.165, 1.54) is 32.2 Å². The van der Waals surface area contributed by atoms with Gasteiger partial charge in [-0.25, -0.2) is 0 Å². The van der Waals surface area contributed by atoms with Crippen LogP contribution in [0.5, 0.6) is 0 Å². The summed E-state index contributed by atoms with van der Waals surface area (Å²) in [6.45, 7) is 7.96. The van der Waals surface area contributed by atoms with Crippen molar-refractivity contribution in [3.8, 4) is 0 Å². The van der Waals surface area contributed by atoms with Crippen LogP contribution in [0, 0.1) is 5.92 Å². The average molecular weight is 196 g/mol. The van der Waals surface area contributed by atoms with E-state index in [0.29, 0.717) is 0 Å². The minimum Gasteiger partial charge on any atom is -0.312 e. The second-order valence-electron chi connectivity index (χ2n) is 6.11. The molecule has 2 saturated heterocycles. The van der Waals surface area contributed by atoms with Gasteiger partial charge in [0.05, 0.1) is 0 Å². The van der Waals surface area contributed by atoms with Gasteiger partial charge in [-0.05, 0) is 58.9 Å². The number of piperidine rings is 1. The highest BCUT2D eigenvalue weighted by atomic mass is 15.0. The van der Waals surface area contributed by atoms with Crippen LogP contribution in [0.4, 0.5) is 0 Å². The van der Waals surface area contributed by atoms with E-state index in [2.05, 4.69) is 31.4 Å². The zero-order valence-corrected chi connectivity index (χ0v) is 9.77. The lowest BCUT2D eigenvalue weighted by atomic mass is 9.91. The summed E-state index contributed by atoms with van der Waals surface area (Å²) in [5.74, 6) is 0.910. The fourth-order valence-electron chi connectivity index (χ4n) is 2.79. The summed E-state index contributed by atoms with van der Waals surface area (Å²) >= 11 is 0. The fourth-order valence-corrected chi connectivity index (χ4v) is 2.79. The molecule has 2 aliphatic rings. The Balaban J connectivity index is 1.77. The Morgan fingerprint density at radius 2 is 1.71 bits per heavy atom. The van der Waals surface area contributed by atoms with Gasteiger partial charge in [-0.3, -0.25) is 0 Å². The van der Waals surface area contributed by atoms with Crippen LogP contribution < -0.4 is 10.6 Å². The molecule has 2 aliphatic heterocycles. The Hall–Kier alpha value is -0.0800. The Kier molecular flexibility index (Phi) is 2.85. The molecule has 2 fully saturated rings. The van der Waals surface area contributed by atoms with E-state index < -0.39 is 0 Å². The van der Waals surface area contributed by atoms with Gasteiger partial charge in [0, 0.05) is 17.6 Å². The Labute approximate surface area is 87.8 Å². The quantitative estimate of drug-likeness (QED) is 0.705. The van der Waals surface area contributed by atoms with Crippen molar-refractivity contribution in [3.05, 3.63) is 0 Å². The van der Waals surface area contributed by atoms with Crippen molar-refractivity contribution >= 4 is 0 Å². The Morgan fingerprint density at radius 1 is 1.14 bits per heavy atom. The molecule has 2 N–H and O–H groups in total. The van der Waals surface area contributed by atoms with Crippen LogP contribution in [-0.4, -0.2) is 24.2 Å². The lowest BCUT2D eigenvalue weighted by Crippen LogP contribution is -2.45. The molecule has 0 radical (unpaired) electrons. The van der Waals surface area contributed by atoms with Crippen LogP contribution in [-0.2, 0) is 0 Å². The topological polar surface area (TPSA) is 24.1 Å². The molecule has 2 heterocycles. The average Bonchev–Trinajstić information content (AvgIpc) is 2.41. The van der Waals surface area contributed by atoms with Crippen LogP contribution in [0.15, 0.2) is 0 Å². The third-order valence-corrected chi connectivity index (χ3v) is 3.49. The Morgan fingerprint density at radius 3 is 2.21 bits per heavy atom. The van der Waals surface area contributed by atoms with Gasteiger partial charge >= 0.3 is 0 Å². The molecule has 2 heteroatoms. The molecular weight excluding hydrogens is 172 g/mol. The van der Waals surface area contributed by atoms with E-state index in [9.17, 15) is 0 Å². The van der Waals surface area contributed by atoms with Crippen molar-refractivity contribution in [2.45, 2.75) is 64.1 Å². The zero-order chi connectivity index (χ0) is 10.2. The summed E-state index contributed by atoms with van der Waals surface area (Å²) in [6, 6.07) is 1.67. The number of hydrogen-bond donors (Lipinski definition) is 2. The first-order chi connectivity index (χ1) is 6.53. The van der Waals surface area contributed by atoms with E-state index >= 15 is 0 Å². The minimum absolute atomic E-state index is 0.282. The third-order valence-electron chi connectivity index (χ3n) is 3.49. The summed E-state index contributed by atoms with van der Waals surface area (Å²) < 4.78 is 0. The summed E-state index contributed by atoms with van der Waals surface area (Å²) in [5, 5.41) is 7.32. The molecule has 0 aromatic heterocycles. The van der Waals surface area contributed by atoms with Crippen molar-refractivity contribution in [1.82, 2.24) is 10.6 Å². The fraction of sp³-hybridized carbons (Fsp3) is 1.00. The summed E-state index contributed by atoms with van der Waals surface area (Å²) in [7, 11) is 0. The zero-order valence-electron chi connectivity index (χ0n) is 9.77. The molecular formula is C12H24N2. The standard InChI is InChI=1S/C12H24N2/c1-12(2,3)13-8-9-6-10-4-5-11(7-9)14-10/h9-11,13-14H,4-8H2,1-3H3. The third kappa shape index (κ3) is 2.71. The first-order valence-corrected chi connectivity index (χ1v) is 6.04. The summed E-state index contributed by atoms with van der Waals surface area (Å²) in [4.78, 5) is 0. The first-order valence-electron chi connectivity index (χ1n) is 6.04. The molecule has 82 valence electrons. The highest BCUT2D eigenvalue weighted by Crippen LogP contribution is 2.30. The normalized spacial score (nSPS) is 37.5. The van der Waals surface area contributed by atoms with Crippen molar-refractivity contribution in [3.63, 3.8) is 0 Å². The smallest absolute Gasteiger partial charge is 0.00966 e. The number of fused-ring (bicyclic) bond motifs is 2. The molecule has 14 heavy (non-hydrogen) atoms. The first kappa shape index (κ1) is 10.4. The molecule has 2 atom stereocenters. The molecule has 0 amide bonds. The van der Waals surface area contributed by atoms with Crippen molar-refractivity contribution in [2.75, 3.05) is 6.54 Å². The van der Waals surface area contributed by atoms with Gasteiger partial charge < -0.3 is 10.6 Å². The number of rotatable bonds is 2. The molecule has 2 bridgehead atoms. The van der Waals surface area contributed by atoms with Crippen molar-refractivity contribution in [1.29, 1.82) is 0 Å². The van der Waals surface area contributed by atoms with E-state index in [4.69, 9.17) is 0 Å². The summed E-state index contributed by atoms with van der Waals surface area (Å²) in [6.07, 6.45) is 5.60. The Bertz CT molecular complexity index is 183. The SMILES string of the molecule is CC(C)(C)NCC1CC2CCC(C1)N2. The molecule has 0 aromatic carbocycles. The predicted molar refractivity (Wildman–Crippen MR) is 60.4 cm³/mol. The van der Waals surface area contributed by atoms with Gasteiger partial charge in [-0.15, -0.1) is 0 Å². The van der Waals surface area contributed by atoms with Crippen molar-refractivity contribution < 1.29 is 0 Å². The van der Waals surface area contributed by atoms with Gasteiger partial charge in [0.1, 0.15) is 0 Å². The molecule has 0 saturated carbocycles. The predicted octanol–water partition coefficient (Wildman–Crippen LogP) is 1.91. The van der Waals surface area contributed by atoms with Crippen LogP contribution in [0.3, 0.4) is 0 Å². The maximum absolute atomic E-state index is 3.69. The van der Waals surface area contributed by atoms with E-state index in [1.54, 1.807) is 0 Å². The number of hydrogen-bond acceptors (Lipinski definition) is 2. The monoisotopic (exact) mass is 196 g/mol. The second-order valence-corrected chi connectivity index (χ2v) is 6.11. The molecule has 0 spiro atoms. The van der Waals surface area contributed by atoms with Crippen LogP contribution in [0.25, 0.3) is 0 Å². The highest BCUT2D eigenvalue weighted by molar-refractivity contribution is 4.93. The van der Waals surface area contributed by atoms with Gasteiger partial charge in [0.25, 0.3) is 0 Å². The maximum Gasteiger partial charge on any atom is 0.00966 e. The highest BCUT2D eigenvalue weighted by Gasteiger charge is 2.33. The van der Waals surface area contributed by atoms with Gasteiger partial charge in [0.15, 0.2) is 0 Å². The molecule has 2 unspecified atom stereocenters. The largest absolute Gasteiger partial charge is 0.312 e.